The number of ether oxygens (including phenoxy) is 2. The van der Waals surface area contributed by atoms with E-state index in [2.05, 4.69) is 22.2 Å². The third kappa shape index (κ3) is 5.05. The van der Waals surface area contributed by atoms with Gasteiger partial charge in [0.15, 0.2) is 11.5 Å². The quantitative estimate of drug-likeness (QED) is 0.668. The van der Waals surface area contributed by atoms with E-state index >= 15 is 0 Å². The van der Waals surface area contributed by atoms with E-state index in [0.29, 0.717) is 37.8 Å². The molecule has 0 aliphatic carbocycles. The molecular weight excluding hydrogens is 384 g/mol. The van der Waals surface area contributed by atoms with Crippen LogP contribution in [0.25, 0.3) is 0 Å². The number of carbonyl (C=O) groups excluding carboxylic acids is 2. The van der Waals surface area contributed by atoms with Crippen molar-refractivity contribution in [3.05, 3.63) is 18.2 Å². The largest absolute Gasteiger partial charge is 0.486 e. The monoisotopic (exact) mass is 416 g/mol. The van der Waals surface area contributed by atoms with Crippen molar-refractivity contribution in [1.29, 1.82) is 0 Å². The molecule has 2 saturated heterocycles. The average Bonchev–Trinajstić information content (AvgIpc) is 3.16. The van der Waals surface area contributed by atoms with Crippen molar-refractivity contribution < 1.29 is 19.1 Å². The highest BCUT2D eigenvalue weighted by molar-refractivity contribution is 6.00. The lowest BCUT2D eigenvalue weighted by atomic mass is 10.1. The van der Waals surface area contributed by atoms with Crippen LogP contribution in [-0.2, 0) is 9.59 Å². The third-order valence-electron chi connectivity index (χ3n) is 6.13. The summed E-state index contributed by atoms with van der Waals surface area (Å²) in [6, 6.07) is 5.50. The molecule has 0 radical (unpaired) electrons. The summed E-state index contributed by atoms with van der Waals surface area (Å²) in [5, 5.41) is 3.02. The normalized spacial score (nSPS) is 22.4. The molecule has 2 amide bonds. The summed E-state index contributed by atoms with van der Waals surface area (Å²) < 4.78 is 11.1. The second-order valence-electron chi connectivity index (χ2n) is 8.38. The maximum Gasteiger partial charge on any atom is 0.227 e. The smallest absolute Gasteiger partial charge is 0.227 e. The summed E-state index contributed by atoms with van der Waals surface area (Å²) in [5.74, 6) is 0.996. The van der Waals surface area contributed by atoms with E-state index in [0.717, 1.165) is 51.3 Å². The van der Waals surface area contributed by atoms with E-state index in [9.17, 15) is 9.59 Å². The van der Waals surface area contributed by atoms with Crippen molar-refractivity contribution in [2.24, 2.45) is 5.92 Å². The number of benzene rings is 1. The summed E-state index contributed by atoms with van der Waals surface area (Å²) in [4.78, 5) is 31.6. The van der Waals surface area contributed by atoms with Gasteiger partial charge in [-0.2, -0.15) is 0 Å². The lowest BCUT2D eigenvalue weighted by molar-refractivity contribution is -0.126. The molecule has 8 nitrogen and oxygen atoms in total. The number of hydrogen-bond acceptors (Lipinski definition) is 6. The van der Waals surface area contributed by atoms with Crippen molar-refractivity contribution in [3.8, 4) is 11.5 Å². The van der Waals surface area contributed by atoms with E-state index in [-0.39, 0.29) is 24.2 Å². The van der Waals surface area contributed by atoms with Gasteiger partial charge in [-0.05, 0) is 38.6 Å². The Morgan fingerprint density at radius 2 is 1.87 bits per heavy atom. The zero-order valence-corrected chi connectivity index (χ0v) is 17.8. The summed E-state index contributed by atoms with van der Waals surface area (Å²) in [6.45, 7) is 7.72. The molecule has 1 unspecified atom stereocenters. The Morgan fingerprint density at radius 3 is 2.67 bits per heavy atom. The molecule has 3 heterocycles. The van der Waals surface area contributed by atoms with Gasteiger partial charge in [-0.15, -0.1) is 0 Å². The number of rotatable bonds is 7. The molecule has 0 spiro atoms. The van der Waals surface area contributed by atoms with E-state index in [1.54, 1.807) is 4.90 Å². The zero-order valence-electron chi connectivity index (χ0n) is 17.8. The average molecular weight is 417 g/mol. The number of piperazine rings is 1. The molecule has 1 aromatic rings. The zero-order chi connectivity index (χ0) is 20.9. The highest BCUT2D eigenvalue weighted by Gasteiger charge is 2.35. The molecule has 1 aromatic carbocycles. The van der Waals surface area contributed by atoms with Gasteiger partial charge in [-0.1, -0.05) is 0 Å². The predicted molar refractivity (Wildman–Crippen MR) is 114 cm³/mol. The van der Waals surface area contributed by atoms with Gasteiger partial charge >= 0.3 is 0 Å². The van der Waals surface area contributed by atoms with Gasteiger partial charge in [0.1, 0.15) is 13.2 Å². The topological polar surface area (TPSA) is 74.4 Å². The SMILES string of the molecule is CN1CCN(CCCCNC(=O)C2CC(=O)N(c3ccc4c(c3)OCCO4)C2)CC1. The summed E-state index contributed by atoms with van der Waals surface area (Å²) in [5.41, 5.74) is 0.756. The first-order chi connectivity index (χ1) is 14.6. The lowest BCUT2D eigenvalue weighted by Crippen LogP contribution is -2.44. The molecule has 4 rings (SSSR count). The fraction of sp³-hybridized carbons (Fsp3) is 0.636. The first-order valence-electron chi connectivity index (χ1n) is 11.0. The predicted octanol–water partition coefficient (Wildman–Crippen LogP) is 0.955. The Morgan fingerprint density at radius 1 is 1.10 bits per heavy atom. The Kier molecular flexibility index (Phi) is 6.74. The third-order valence-corrected chi connectivity index (χ3v) is 6.13. The molecule has 0 aromatic heterocycles. The molecule has 3 aliphatic rings. The van der Waals surface area contributed by atoms with E-state index in [1.165, 1.54) is 0 Å². The van der Waals surface area contributed by atoms with Crippen LogP contribution in [-0.4, -0.2) is 87.7 Å². The van der Waals surface area contributed by atoms with Crippen molar-refractivity contribution >= 4 is 17.5 Å². The van der Waals surface area contributed by atoms with Gasteiger partial charge in [-0.3, -0.25) is 9.59 Å². The van der Waals surface area contributed by atoms with Crippen LogP contribution in [0.1, 0.15) is 19.3 Å². The Balaban J connectivity index is 1.20. The highest BCUT2D eigenvalue weighted by atomic mass is 16.6. The number of carbonyl (C=O) groups is 2. The van der Waals surface area contributed by atoms with Crippen molar-refractivity contribution in [3.63, 3.8) is 0 Å². The van der Waals surface area contributed by atoms with Crippen LogP contribution in [0.3, 0.4) is 0 Å². The molecule has 30 heavy (non-hydrogen) atoms. The molecule has 0 saturated carbocycles. The van der Waals surface area contributed by atoms with Crippen LogP contribution < -0.4 is 19.7 Å². The van der Waals surface area contributed by atoms with Crippen molar-refractivity contribution in [2.45, 2.75) is 19.3 Å². The first-order valence-corrected chi connectivity index (χ1v) is 11.0. The Labute approximate surface area is 178 Å². The number of nitrogens with zero attached hydrogens (tertiary/aromatic N) is 3. The fourth-order valence-electron chi connectivity index (χ4n) is 4.22. The van der Waals surface area contributed by atoms with Gasteiger partial charge in [0.05, 0.1) is 5.92 Å². The minimum absolute atomic E-state index is 0.0250. The van der Waals surface area contributed by atoms with Crippen molar-refractivity contribution in [2.75, 3.05) is 71.0 Å². The van der Waals surface area contributed by atoms with Crippen LogP contribution in [0, 0.1) is 5.92 Å². The molecule has 0 bridgehead atoms. The van der Waals surface area contributed by atoms with E-state index in [4.69, 9.17) is 9.47 Å². The lowest BCUT2D eigenvalue weighted by Gasteiger charge is -2.32. The second kappa shape index (κ2) is 9.66. The molecule has 2 fully saturated rings. The maximum atomic E-state index is 12.6. The van der Waals surface area contributed by atoms with Crippen molar-refractivity contribution in [1.82, 2.24) is 15.1 Å². The Hall–Kier alpha value is -2.32. The summed E-state index contributed by atoms with van der Waals surface area (Å²) in [6.07, 6.45) is 2.29. The minimum atomic E-state index is -0.302. The standard InChI is InChI=1S/C22H32N4O4/c1-24-8-10-25(11-9-24)7-3-2-6-23-22(28)17-14-21(27)26(16-17)18-4-5-19-20(15-18)30-13-12-29-19/h4-5,15,17H,2-3,6-14,16H2,1H3,(H,23,28). The van der Waals surface area contributed by atoms with Gasteiger partial charge in [0.2, 0.25) is 11.8 Å². The fourth-order valence-corrected chi connectivity index (χ4v) is 4.22. The molecule has 3 aliphatic heterocycles. The van der Waals surface area contributed by atoms with E-state index in [1.807, 2.05) is 18.2 Å². The number of fused-ring (bicyclic) bond motifs is 1. The number of anilines is 1. The van der Waals surface area contributed by atoms with Gasteiger partial charge < -0.3 is 29.5 Å². The summed E-state index contributed by atoms with van der Waals surface area (Å²) >= 11 is 0. The minimum Gasteiger partial charge on any atom is -0.486 e. The molecule has 8 heteroatoms. The molecule has 1 atom stereocenters. The first kappa shape index (κ1) is 20.9. The second-order valence-corrected chi connectivity index (χ2v) is 8.38. The number of nitrogens with one attached hydrogen (secondary N) is 1. The van der Waals surface area contributed by atoms with Gasteiger partial charge in [0.25, 0.3) is 0 Å². The van der Waals surface area contributed by atoms with Crippen LogP contribution in [0.2, 0.25) is 0 Å². The number of likely N-dealkylation sites (N-methyl/N-ethyl adjacent to an activating group) is 1. The maximum absolute atomic E-state index is 12.6. The number of unbranched alkanes of at least 4 members (excludes halogenated alkanes) is 1. The van der Waals surface area contributed by atoms with E-state index < -0.39 is 0 Å². The van der Waals surface area contributed by atoms with Gasteiger partial charge in [0, 0.05) is 57.4 Å². The van der Waals surface area contributed by atoms with Gasteiger partial charge in [-0.25, -0.2) is 0 Å². The highest BCUT2D eigenvalue weighted by Crippen LogP contribution is 2.35. The number of amides is 2. The molecule has 1 N–H and O–H groups in total. The van der Waals surface area contributed by atoms with Crippen LogP contribution in [0.15, 0.2) is 18.2 Å². The molecular formula is C22H32N4O4. The van der Waals surface area contributed by atoms with Crippen LogP contribution in [0.4, 0.5) is 5.69 Å². The van der Waals surface area contributed by atoms with Crippen LogP contribution in [0.5, 0.6) is 11.5 Å². The number of hydrogen-bond donors (Lipinski definition) is 1. The Bertz CT molecular complexity index is 764. The summed E-state index contributed by atoms with van der Waals surface area (Å²) in [7, 11) is 2.16. The molecule has 164 valence electrons. The van der Waals surface area contributed by atoms with Crippen LogP contribution >= 0.6 is 0 Å².